The summed E-state index contributed by atoms with van der Waals surface area (Å²) in [7, 11) is 0. The minimum Gasteiger partial charge on any atom is -0.256 e. The van der Waals surface area contributed by atoms with Gasteiger partial charge < -0.3 is 0 Å². The summed E-state index contributed by atoms with van der Waals surface area (Å²) < 4.78 is 39.7. The molecule has 0 unspecified atom stereocenters. The summed E-state index contributed by atoms with van der Waals surface area (Å²) in [5, 5.41) is 0.694. The van der Waals surface area contributed by atoms with Crippen molar-refractivity contribution in [3.8, 4) is 11.1 Å². The Labute approximate surface area is 113 Å². The van der Waals surface area contributed by atoms with Gasteiger partial charge >= 0.3 is 6.18 Å². The van der Waals surface area contributed by atoms with Gasteiger partial charge in [-0.2, -0.15) is 13.2 Å². The topological polar surface area (TPSA) is 12.9 Å². The van der Waals surface area contributed by atoms with E-state index in [0.29, 0.717) is 16.5 Å². The molecule has 1 nitrogen and oxygen atoms in total. The first-order valence-electron chi connectivity index (χ1n) is 6.08. The predicted molar refractivity (Wildman–Crippen MR) is 72.2 cm³/mol. The summed E-state index contributed by atoms with van der Waals surface area (Å²) in [5.41, 5.74) is 0.365. The van der Waals surface area contributed by atoms with Crippen LogP contribution in [0, 0.1) is 0 Å². The lowest BCUT2D eigenvalue weighted by molar-refractivity contribution is -0.137. The molecule has 4 heteroatoms. The highest BCUT2D eigenvalue weighted by Crippen LogP contribution is 2.40. The van der Waals surface area contributed by atoms with Gasteiger partial charge in [-0.3, -0.25) is 4.98 Å². The van der Waals surface area contributed by atoms with E-state index >= 15 is 0 Å². The molecule has 1 aromatic heterocycles. The molecule has 0 fully saturated rings. The van der Waals surface area contributed by atoms with Gasteiger partial charge in [0.25, 0.3) is 0 Å². The van der Waals surface area contributed by atoms with Crippen LogP contribution in [0.25, 0.3) is 22.0 Å². The van der Waals surface area contributed by atoms with Gasteiger partial charge in [-0.25, -0.2) is 0 Å². The highest BCUT2D eigenvalue weighted by molar-refractivity contribution is 5.95. The molecule has 0 aliphatic heterocycles. The van der Waals surface area contributed by atoms with E-state index in [-0.39, 0.29) is 5.56 Å². The summed E-state index contributed by atoms with van der Waals surface area (Å²) in [6.45, 7) is 0. The zero-order valence-electron chi connectivity index (χ0n) is 10.4. The Bertz CT molecular complexity index is 749. The van der Waals surface area contributed by atoms with Crippen LogP contribution >= 0.6 is 0 Å². The van der Waals surface area contributed by atoms with Crippen LogP contribution in [0.15, 0.2) is 60.8 Å². The number of aromatic nitrogens is 1. The van der Waals surface area contributed by atoms with E-state index in [0.717, 1.165) is 6.07 Å². The van der Waals surface area contributed by atoms with E-state index in [1.807, 2.05) is 0 Å². The number of fused-ring (bicyclic) bond motifs is 1. The largest absolute Gasteiger partial charge is 0.417 e. The number of halogens is 3. The number of pyridine rings is 1. The van der Waals surface area contributed by atoms with Gasteiger partial charge in [0.2, 0.25) is 0 Å². The molecule has 0 atom stereocenters. The van der Waals surface area contributed by atoms with Crippen molar-refractivity contribution in [1.29, 1.82) is 0 Å². The maximum Gasteiger partial charge on any atom is 0.417 e. The molecule has 0 radical (unpaired) electrons. The van der Waals surface area contributed by atoms with Crippen molar-refractivity contribution >= 4 is 10.9 Å². The monoisotopic (exact) mass is 273 g/mol. The molecule has 2 aromatic carbocycles. The van der Waals surface area contributed by atoms with Crippen LogP contribution in [0.1, 0.15) is 5.56 Å². The van der Waals surface area contributed by atoms with Crippen molar-refractivity contribution in [1.82, 2.24) is 4.98 Å². The Morgan fingerprint density at radius 3 is 2.25 bits per heavy atom. The second-order valence-electron chi connectivity index (χ2n) is 4.43. The summed E-state index contributed by atoms with van der Waals surface area (Å²) in [4.78, 5) is 4.13. The molecule has 0 saturated heterocycles. The minimum atomic E-state index is -4.41. The molecule has 0 bridgehead atoms. The fraction of sp³-hybridized carbons (Fsp3) is 0.0625. The van der Waals surface area contributed by atoms with Crippen LogP contribution in [-0.2, 0) is 6.18 Å². The molecule has 20 heavy (non-hydrogen) atoms. The second-order valence-corrected chi connectivity index (χ2v) is 4.43. The van der Waals surface area contributed by atoms with Crippen molar-refractivity contribution < 1.29 is 13.2 Å². The number of alkyl halides is 3. The zero-order chi connectivity index (χ0) is 14.2. The Kier molecular flexibility index (Phi) is 2.93. The molecular weight excluding hydrogens is 263 g/mol. The van der Waals surface area contributed by atoms with Gasteiger partial charge in [0.05, 0.1) is 11.1 Å². The van der Waals surface area contributed by atoms with Crippen LogP contribution in [0.5, 0.6) is 0 Å². The Hall–Kier alpha value is -2.36. The first-order chi connectivity index (χ1) is 9.57. The van der Waals surface area contributed by atoms with Gasteiger partial charge in [0, 0.05) is 17.1 Å². The second kappa shape index (κ2) is 4.63. The molecular formula is C16H10F3N. The van der Waals surface area contributed by atoms with Gasteiger partial charge in [0.1, 0.15) is 0 Å². The van der Waals surface area contributed by atoms with Crippen LogP contribution in [0.2, 0.25) is 0 Å². The molecule has 0 aliphatic rings. The van der Waals surface area contributed by atoms with Crippen molar-refractivity contribution in [3.05, 3.63) is 66.4 Å². The number of benzene rings is 2. The number of rotatable bonds is 1. The number of nitrogens with zero attached hydrogens (tertiary/aromatic N) is 1. The third kappa shape index (κ3) is 2.13. The van der Waals surface area contributed by atoms with Crippen LogP contribution in [0.3, 0.4) is 0 Å². The van der Waals surface area contributed by atoms with Gasteiger partial charge in [-0.05, 0) is 17.7 Å². The molecule has 0 amide bonds. The van der Waals surface area contributed by atoms with Crippen LogP contribution in [-0.4, -0.2) is 4.98 Å². The lowest BCUT2D eigenvalue weighted by Gasteiger charge is -2.15. The lowest BCUT2D eigenvalue weighted by Crippen LogP contribution is -2.07. The van der Waals surface area contributed by atoms with Gasteiger partial charge in [0.15, 0.2) is 0 Å². The molecule has 0 spiro atoms. The SMILES string of the molecule is FC(F)(F)c1ccc2cccnc2c1-c1ccccc1. The molecule has 100 valence electrons. The highest BCUT2D eigenvalue weighted by atomic mass is 19.4. The lowest BCUT2D eigenvalue weighted by atomic mass is 9.96. The van der Waals surface area contributed by atoms with E-state index in [9.17, 15) is 13.2 Å². The van der Waals surface area contributed by atoms with Gasteiger partial charge in [-0.1, -0.05) is 42.5 Å². The summed E-state index contributed by atoms with van der Waals surface area (Å²) in [5.74, 6) is 0. The minimum absolute atomic E-state index is 0.135. The van der Waals surface area contributed by atoms with E-state index in [4.69, 9.17) is 0 Å². The third-order valence-electron chi connectivity index (χ3n) is 3.14. The number of hydrogen-bond donors (Lipinski definition) is 0. The summed E-state index contributed by atoms with van der Waals surface area (Å²) in [6.07, 6.45) is -2.90. The first kappa shape index (κ1) is 12.7. The van der Waals surface area contributed by atoms with Crippen molar-refractivity contribution in [2.45, 2.75) is 6.18 Å². The average molecular weight is 273 g/mol. The summed E-state index contributed by atoms with van der Waals surface area (Å²) in [6, 6.07) is 14.6. The fourth-order valence-electron chi connectivity index (χ4n) is 2.28. The standard InChI is InChI=1S/C16H10F3N/c17-16(18,19)13-9-8-12-7-4-10-20-15(12)14(13)11-5-2-1-3-6-11/h1-10H. The Balaban J connectivity index is 2.41. The predicted octanol–water partition coefficient (Wildman–Crippen LogP) is 4.92. The zero-order valence-corrected chi connectivity index (χ0v) is 10.4. The quantitative estimate of drug-likeness (QED) is 0.613. The van der Waals surface area contributed by atoms with E-state index in [2.05, 4.69) is 4.98 Å². The molecule has 0 N–H and O–H groups in total. The summed E-state index contributed by atoms with van der Waals surface area (Å²) >= 11 is 0. The molecule has 0 saturated carbocycles. The maximum absolute atomic E-state index is 13.2. The maximum atomic E-state index is 13.2. The van der Waals surface area contributed by atoms with E-state index in [1.54, 1.807) is 42.5 Å². The molecule has 0 aliphatic carbocycles. The van der Waals surface area contributed by atoms with Crippen molar-refractivity contribution in [2.75, 3.05) is 0 Å². The fourth-order valence-corrected chi connectivity index (χ4v) is 2.28. The van der Waals surface area contributed by atoms with Crippen LogP contribution < -0.4 is 0 Å². The third-order valence-corrected chi connectivity index (χ3v) is 3.14. The normalized spacial score (nSPS) is 11.8. The molecule has 3 aromatic rings. The molecule has 1 heterocycles. The van der Waals surface area contributed by atoms with Crippen molar-refractivity contribution in [2.24, 2.45) is 0 Å². The average Bonchev–Trinajstić information content (AvgIpc) is 2.46. The highest BCUT2D eigenvalue weighted by Gasteiger charge is 2.34. The molecule has 3 rings (SSSR count). The smallest absolute Gasteiger partial charge is 0.256 e. The van der Waals surface area contributed by atoms with Crippen LogP contribution in [0.4, 0.5) is 13.2 Å². The Morgan fingerprint density at radius 1 is 0.800 bits per heavy atom. The van der Waals surface area contributed by atoms with E-state index < -0.39 is 11.7 Å². The number of hydrogen-bond acceptors (Lipinski definition) is 1. The van der Waals surface area contributed by atoms with E-state index in [1.165, 1.54) is 12.3 Å². The van der Waals surface area contributed by atoms with Gasteiger partial charge in [-0.15, -0.1) is 0 Å². The first-order valence-corrected chi connectivity index (χ1v) is 6.08. The Morgan fingerprint density at radius 2 is 1.55 bits per heavy atom. The van der Waals surface area contributed by atoms with Crippen molar-refractivity contribution in [3.63, 3.8) is 0 Å².